The monoisotopic (exact) mass is 502 g/mol. The maximum atomic E-state index is 13.8. The second kappa shape index (κ2) is 9.76. The molecule has 2 aromatic carbocycles. The lowest BCUT2D eigenvalue weighted by molar-refractivity contribution is -0.274. The first-order chi connectivity index (χ1) is 17.2. The minimum absolute atomic E-state index is 0.0239. The van der Waals surface area contributed by atoms with E-state index in [0.717, 1.165) is 43.4 Å². The molecule has 3 atom stereocenters. The molecule has 3 aliphatic rings. The highest BCUT2D eigenvalue weighted by Crippen LogP contribution is 2.52. The first-order valence-corrected chi connectivity index (χ1v) is 12.5. The summed E-state index contributed by atoms with van der Waals surface area (Å²) in [6, 6.07) is 13.5. The van der Waals surface area contributed by atoms with Gasteiger partial charge in [-0.3, -0.25) is 14.5 Å². The van der Waals surface area contributed by atoms with Gasteiger partial charge in [-0.05, 0) is 80.5 Å². The van der Waals surface area contributed by atoms with E-state index >= 15 is 0 Å². The third kappa shape index (κ3) is 5.07. The Morgan fingerprint density at radius 2 is 1.75 bits per heavy atom. The number of carbonyl (C=O) groups is 2. The number of ether oxygens (including phenoxy) is 1. The van der Waals surface area contributed by atoms with Gasteiger partial charge >= 0.3 is 12.3 Å². The van der Waals surface area contributed by atoms with Crippen LogP contribution in [0.3, 0.4) is 0 Å². The molecule has 9 heteroatoms. The average Bonchev–Trinajstić information content (AvgIpc) is 3.56. The fourth-order valence-corrected chi connectivity index (χ4v) is 6.02. The van der Waals surface area contributed by atoms with Crippen LogP contribution in [0.5, 0.6) is 5.75 Å². The number of aliphatic carboxylic acids is 1. The normalized spacial score (nSPS) is 23.3. The van der Waals surface area contributed by atoms with E-state index in [2.05, 4.69) is 15.7 Å². The molecule has 0 bridgehead atoms. The Kier molecular flexibility index (Phi) is 6.68. The van der Waals surface area contributed by atoms with Gasteiger partial charge in [-0.15, -0.1) is 13.2 Å². The number of hydrogen-bond donors (Lipinski definition) is 1. The van der Waals surface area contributed by atoms with Crippen LogP contribution in [0.25, 0.3) is 0 Å². The van der Waals surface area contributed by atoms with Crippen molar-refractivity contribution in [2.45, 2.75) is 69.4 Å². The van der Waals surface area contributed by atoms with Crippen LogP contribution in [0.1, 0.15) is 66.9 Å². The number of amides is 1. The SMILES string of the molecule is O=C(O)CCCN(C1CC1)[C@@H]1c2ccccc2N(C(=O)c2ccc(OC(F)(F)F)cc2)[C@@H]2CCC[C@@H]21. The molecule has 0 radical (unpaired) electrons. The van der Waals surface area contributed by atoms with Crippen LogP contribution < -0.4 is 9.64 Å². The van der Waals surface area contributed by atoms with Crippen molar-refractivity contribution in [2.24, 2.45) is 5.92 Å². The van der Waals surface area contributed by atoms with Crippen molar-refractivity contribution in [2.75, 3.05) is 11.4 Å². The molecule has 5 rings (SSSR count). The van der Waals surface area contributed by atoms with Crippen molar-refractivity contribution in [1.82, 2.24) is 4.90 Å². The zero-order valence-corrected chi connectivity index (χ0v) is 19.8. The van der Waals surface area contributed by atoms with Gasteiger partial charge in [0.15, 0.2) is 0 Å². The van der Waals surface area contributed by atoms with Gasteiger partial charge in [-0.2, -0.15) is 0 Å². The fraction of sp³-hybridized carbons (Fsp3) is 0.481. The predicted molar refractivity (Wildman–Crippen MR) is 127 cm³/mol. The summed E-state index contributed by atoms with van der Waals surface area (Å²) in [6.45, 7) is 0.702. The molecule has 0 saturated heterocycles. The summed E-state index contributed by atoms with van der Waals surface area (Å²) >= 11 is 0. The highest BCUT2D eigenvalue weighted by molar-refractivity contribution is 6.07. The molecule has 1 aliphatic heterocycles. The van der Waals surface area contributed by atoms with Gasteiger partial charge in [0.05, 0.1) is 0 Å². The third-order valence-corrected chi connectivity index (χ3v) is 7.52. The van der Waals surface area contributed by atoms with Gasteiger partial charge in [0.2, 0.25) is 0 Å². The minimum atomic E-state index is -4.79. The van der Waals surface area contributed by atoms with E-state index in [9.17, 15) is 22.8 Å². The summed E-state index contributed by atoms with van der Waals surface area (Å²) in [5.74, 6) is -1.18. The summed E-state index contributed by atoms with van der Waals surface area (Å²) < 4.78 is 41.6. The lowest BCUT2D eigenvalue weighted by Crippen LogP contribution is -2.52. The number of carboxylic acids is 1. The number of benzene rings is 2. The highest BCUT2D eigenvalue weighted by atomic mass is 19.4. The Bertz CT molecular complexity index is 1120. The molecule has 2 aliphatic carbocycles. The quantitative estimate of drug-likeness (QED) is 0.495. The number of carbonyl (C=O) groups excluding carboxylic acids is 1. The molecule has 2 aromatic rings. The molecule has 192 valence electrons. The van der Waals surface area contributed by atoms with Crippen molar-refractivity contribution >= 4 is 17.6 Å². The van der Waals surface area contributed by atoms with E-state index in [1.807, 2.05) is 23.1 Å². The summed E-state index contributed by atoms with van der Waals surface area (Å²) in [6.07, 6.45) is 0.909. The van der Waals surface area contributed by atoms with E-state index in [-0.39, 0.29) is 36.1 Å². The van der Waals surface area contributed by atoms with Gasteiger partial charge in [-0.1, -0.05) is 24.6 Å². The number of alkyl halides is 3. The lowest BCUT2D eigenvalue weighted by atomic mass is 9.81. The number of hydrogen-bond acceptors (Lipinski definition) is 4. The van der Waals surface area contributed by atoms with Gasteiger partial charge in [0.1, 0.15) is 5.75 Å². The second-order valence-electron chi connectivity index (χ2n) is 9.88. The Labute approximate surface area is 207 Å². The maximum absolute atomic E-state index is 13.8. The zero-order chi connectivity index (χ0) is 25.4. The molecule has 6 nitrogen and oxygen atoms in total. The van der Waals surface area contributed by atoms with Crippen molar-refractivity contribution in [3.05, 3.63) is 59.7 Å². The van der Waals surface area contributed by atoms with Crippen molar-refractivity contribution in [3.63, 3.8) is 0 Å². The van der Waals surface area contributed by atoms with Gasteiger partial charge in [0, 0.05) is 35.8 Å². The number of carboxylic acid groups (broad SMARTS) is 1. The summed E-state index contributed by atoms with van der Waals surface area (Å²) in [7, 11) is 0. The van der Waals surface area contributed by atoms with Gasteiger partial charge < -0.3 is 14.7 Å². The van der Waals surface area contributed by atoms with Crippen LogP contribution in [0.2, 0.25) is 0 Å². The Hall–Kier alpha value is -3.07. The fourth-order valence-electron chi connectivity index (χ4n) is 6.02. The van der Waals surface area contributed by atoms with Crippen LogP contribution in [0.15, 0.2) is 48.5 Å². The summed E-state index contributed by atoms with van der Waals surface area (Å²) in [5, 5.41) is 9.15. The van der Waals surface area contributed by atoms with E-state index in [4.69, 9.17) is 5.11 Å². The number of para-hydroxylation sites is 1. The molecule has 1 N–H and O–H groups in total. The molecule has 2 fully saturated rings. The van der Waals surface area contributed by atoms with Crippen LogP contribution in [0, 0.1) is 5.92 Å². The highest BCUT2D eigenvalue weighted by Gasteiger charge is 2.50. The molecule has 1 heterocycles. The van der Waals surface area contributed by atoms with Gasteiger partial charge in [-0.25, -0.2) is 0 Å². The number of nitrogens with zero attached hydrogens (tertiary/aromatic N) is 2. The molecule has 36 heavy (non-hydrogen) atoms. The topological polar surface area (TPSA) is 70.1 Å². The largest absolute Gasteiger partial charge is 0.573 e. The van der Waals surface area contributed by atoms with Gasteiger partial charge in [0.25, 0.3) is 5.91 Å². The molecular formula is C27H29F3N2O4. The Balaban J connectivity index is 1.46. The molecule has 0 unspecified atom stereocenters. The molecule has 2 saturated carbocycles. The van der Waals surface area contributed by atoms with Crippen LogP contribution in [0.4, 0.5) is 18.9 Å². The Morgan fingerprint density at radius 3 is 2.42 bits per heavy atom. The number of rotatable bonds is 8. The first kappa shape index (κ1) is 24.6. The smallest absolute Gasteiger partial charge is 0.481 e. The van der Waals surface area contributed by atoms with E-state index in [0.29, 0.717) is 24.6 Å². The first-order valence-electron chi connectivity index (χ1n) is 12.5. The second-order valence-corrected chi connectivity index (χ2v) is 9.88. The van der Waals surface area contributed by atoms with Crippen molar-refractivity contribution < 1.29 is 32.6 Å². The van der Waals surface area contributed by atoms with Crippen LogP contribution in [-0.2, 0) is 4.79 Å². The maximum Gasteiger partial charge on any atom is 0.573 e. The van der Waals surface area contributed by atoms with E-state index in [1.165, 1.54) is 24.3 Å². The summed E-state index contributed by atoms with van der Waals surface area (Å²) in [5.41, 5.74) is 2.20. The minimum Gasteiger partial charge on any atom is -0.481 e. The standard InChI is InChI=1S/C27H29F3N2O4/c28-27(29,30)36-19-14-10-17(11-15-19)26(35)32-22-7-2-1-5-20(22)25(21-6-3-8-23(21)32)31(18-12-13-18)16-4-9-24(33)34/h1-2,5,7,10-11,14-15,18,21,23,25H,3-4,6,8-9,12-13,16H2,(H,33,34)/t21-,23+,25+/m0/s1. The number of halogens is 3. The third-order valence-electron chi connectivity index (χ3n) is 7.52. The Morgan fingerprint density at radius 1 is 1.03 bits per heavy atom. The van der Waals surface area contributed by atoms with E-state index in [1.54, 1.807) is 0 Å². The van der Waals surface area contributed by atoms with Crippen LogP contribution in [-0.4, -0.2) is 46.9 Å². The van der Waals surface area contributed by atoms with Crippen molar-refractivity contribution in [1.29, 1.82) is 0 Å². The number of fused-ring (bicyclic) bond motifs is 2. The molecule has 0 aromatic heterocycles. The molecule has 0 spiro atoms. The molecular weight excluding hydrogens is 473 g/mol. The number of anilines is 1. The molecule has 1 amide bonds. The summed E-state index contributed by atoms with van der Waals surface area (Å²) in [4.78, 5) is 29.2. The lowest BCUT2D eigenvalue weighted by Gasteiger charge is -2.48. The van der Waals surface area contributed by atoms with Crippen LogP contribution >= 0.6 is 0 Å². The average molecular weight is 503 g/mol. The zero-order valence-electron chi connectivity index (χ0n) is 19.8. The van der Waals surface area contributed by atoms with E-state index < -0.39 is 12.3 Å². The predicted octanol–water partition coefficient (Wildman–Crippen LogP) is 5.78. The van der Waals surface area contributed by atoms with Crippen molar-refractivity contribution in [3.8, 4) is 5.75 Å².